The lowest BCUT2D eigenvalue weighted by molar-refractivity contribution is -0.135. The molecule has 0 bridgehead atoms. The minimum absolute atomic E-state index is 0.0663. The molecule has 6 nitrogen and oxygen atoms in total. The summed E-state index contributed by atoms with van der Waals surface area (Å²) in [7, 11) is 1.85. The minimum atomic E-state index is -0.261. The maximum atomic E-state index is 12.6. The normalized spacial score (nSPS) is 24.4. The Kier molecular flexibility index (Phi) is 5.81. The summed E-state index contributed by atoms with van der Waals surface area (Å²) in [6, 6.07) is 7.89. The van der Waals surface area contributed by atoms with Gasteiger partial charge in [0.05, 0.1) is 6.42 Å². The molecular formula is C20H26N2O4. The van der Waals surface area contributed by atoms with Gasteiger partial charge in [-0.25, -0.2) is 0 Å². The number of rotatable bonds is 5. The summed E-state index contributed by atoms with van der Waals surface area (Å²) in [5, 5.41) is 2.94. The predicted octanol–water partition coefficient (Wildman–Crippen LogP) is 2.29. The zero-order valence-corrected chi connectivity index (χ0v) is 15.1. The zero-order valence-electron chi connectivity index (χ0n) is 15.1. The maximum absolute atomic E-state index is 12.6. The van der Waals surface area contributed by atoms with Crippen molar-refractivity contribution in [2.24, 2.45) is 0 Å². The van der Waals surface area contributed by atoms with E-state index in [4.69, 9.17) is 9.47 Å². The van der Waals surface area contributed by atoms with E-state index in [-0.39, 0.29) is 30.0 Å². The van der Waals surface area contributed by atoms with Gasteiger partial charge < -0.3 is 19.7 Å². The third kappa shape index (κ3) is 4.36. The summed E-state index contributed by atoms with van der Waals surface area (Å²) in [4.78, 5) is 25.9. The molecule has 2 aliphatic rings. The van der Waals surface area contributed by atoms with Crippen molar-refractivity contribution < 1.29 is 19.1 Å². The molecule has 1 aromatic carbocycles. The van der Waals surface area contributed by atoms with Gasteiger partial charge in [0.15, 0.2) is 11.5 Å². The molecule has 1 N–H and O–H groups in total. The highest BCUT2D eigenvalue weighted by Gasteiger charge is 2.30. The van der Waals surface area contributed by atoms with Crippen LogP contribution in [0.5, 0.6) is 11.5 Å². The zero-order chi connectivity index (χ0) is 18.5. The lowest BCUT2D eigenvalue weighted by Crippen LogP contribution is -2.45. The second-order valence-corrected chi connectivity index (χ2v) is 6.92. The van der Waals surface area contributed by atoms with Crippen LogP contribution < -0.4 is 14.8 Å². The van der Waals surface area contributed by atoms with Crippen LogP contribution in [0.2, 0.25) is 0 Å². The van der Waals surface area contributed by atoms with Gasteiger partial charge in [0, 0.05) is 19.1 Å². The smallest absolute Gasteiger partial charge is 0.243 e. The topological polar surface area (TPSA) is 67.9 Å². The van der Waals surface area contributed by atoms with E-state index in [1.54, 1.807) is 0 Å². The Bertz CT molecular complexity index is 668. The van der Waals surface area contributed by atoms with Crippen LogP contribution in [0.4, 0.5) is 0 Å². The highest BCUT2D eigenvalue weighted by atomic mass is 16.6. The molecule has 26 heavy (non-hydrogen) atoms. The van der Waals surface area contributed by atoms with Gasteiger partial charge >= 0.3 is 0 Å². The van der Waals surface area contributed by atoms with Crippen LogP contribution in [-0.2, 0) is 9.59 Å². The number of benzene rings is 1. The first kappa shape index (κ1) is 18.3. The lowest BCUT2D eigenvalue weighted by Gasteiger charge is -2.36. The van der Waals surface area contributed by atoms with E-state index in [0.717, 1.165) is 31.4 Å². The molecule has 6 heteroatoms. The lowest BCUT2D eigenvalue weighted by atomic mass is 9.90. The largest absolute Gasteiger partial charge is 0.486 e. The number of para-hydroxylation sites is 2. The van der Waals surface area contributed by atoms with Gasteiger partial charge in [-0.15, -0.1) is 0 Å². The molecule has 0 aromatic heterocycles. The van der Waals surface area contributed by atoms with Crippen molar-refractivity contribution in [1.29, 1.82) is 0 Å². The van der Waals surface area contributed by atoms with Gasteiger partial charge in [0.25, 0.3) is 0 Å². The summed E-state index contributed by atoms with van der Waals surface area (Å²) >= 11 is 0. The Hall–Kier alpha value is -2.50. The fraction of sp³-hybridized carbons (Fsp3) is 0.500. The van der Waals surface area contributed by atoms with Crippen LogP contribution in [0, 0.1) is 0 Å². The van der Waals surface area contributed by atoms with E-state index in [1.807, 2.05) is 36.2 Å². The molecular weight excluding hydrogens is 332 g/mol. The molecule has 1 aliphatic carbocycles. The molecule has 1 saturated carbocycles. The average Bonchev–Trinajstić information content (AvgIpc) is 2.67. The molecule has 0 saturated heterocycles. The van der Waals surface area contributed by atoms with Gasteiger partial charge in [-0.05, 0) is 43.9 Å². The number of hydrogen-bond donors (Lipinski definition) is 1. The number of carbonyl (C=O) groups excluding carboxylic acids is 2. The van der Waals surface area contributed by atoms with Crippen molar-refractivity contribution >= 4 is 11.8 Å². The summed E-state index contributed by atoms with van der Waals surface area (Å²) in [5.41, 5.74) is 0. The molecule has 0 radical (unpaired) electrons. The second-order valence-electron chi connectivity index (χ2n) is 6.92. The van der Waals surface area contributed by atoms with Crippen molar-refractivity contribution in [3.8, 4) is 11.5 Å². The molecule has 0 spiro atoms. The van der Waals surface area contributed by atoms with Crippen LogP contribution in [-0.4, -0.2) is 48.6 Å². The fourth-order valence-electron chi connectivity index (χ4n) is 3.57. The summed E-state index contributed by atoms with van der Waals surface area (Å²) in [5.74, 6) is 1.35. The van der Waals surface area contributed by atoms with Gasteiger partial charge in [0.2, 0.25) is 11.8 Å². The molecule has 1 unspecified atom stereocenters. The summed E-state index contributed by atoms with van der Waals surface area (Å²) < 4.78 is 11.6. The number of carbonyl (C=O) groups is 2. The summed E-state index contributed by atoms with van der Waals surface area (Å²) in [6.07, 6.45) is 4.86. The first-order chi connectivity index (χ1) is 12.6. The highest BCUT2D eigenvalue weighted by molar-refractivity contribution is 5.87. The molecule has 1 aromatic rings. The molecule has 1 atom stereocenters. The van der Waals surface area contributed by atoms with E-state index in [9.17, 15) is 9.59 Å². The van der Waals surface area contributed by atoms with Crippen molar-refractivity contribution in [3.63, 3.8) is 0 Å². The summed E-state index contributed by atoms with van der Waals surface area (Å²) in [6.45, 7) is 3.86. The van der Waals surface area contributed by atoms with Crippen LogP contribution in [0.15, 0.2) is 36.9 Å². The van der Waals surface area contributed by atoms with E-state index in [1.165, 1.54) is 6.08 Å². The molecule has 3 rings (SSSR count). The van der Waals surface area contributed by atoms with Crippen LogP contribution >= 0.6 is 0 Å². The van der Waals surface area contributed by atoms with E-state index < -0.39 is 0 Å². The quantitative estimate of drug-likeness (QED) is 0.820. The van der Waals surface area contributed by atoms with Crippen LogP contribution in [0.3, 0.4) is 0 Å². The Morgan fingerprint density at radius 1 is 1.23 bits per heavy atom. The second kappa shape index (κ2) is 8.25. The van der Waals surface area contributed by atoms with E-state index in [0.29, 0.717) is 18.8 Å². The number of nitrogens with zero attached hydrogens (tertiary/aromatic N) is 1. The van der Waals surface area contributed by atoms with Gasteiger partial charge in [-0.1, -0.05) is 18.7 Å². The van der Waals surface area contributed by atoms with Gasteiger partial charge in [-0.3, -0.25) is 9.59 Å². The van der Waals surface area contributed by atoms with E-state index in [2.05, 4.69) is 11.9 Å². The minimum Gasteiger partial charge on any atom is -0.486 e. The third-order valence-corrected chi connectivity index (χ3v) is 5.14. The number of ether oxygens (including phenoxy) is 2. The number of hydrogen-bond acceptors (Lipinski definition) is 4. The number of amides is 2. The van der Waals surface area contributed by atoms with Crippen molar-refractivity contribution in [2.45, 2.75) is 50.3 Å². The Balaban J connectivity index is 1.47. The SMILES string of the molecule is C=CC(=O)NC1CCC(N(C)C(=O)CC2COc3ccccc3O2)CC1. The Morgan fingerprint density at radius 3 is 2.62 bits per heavy atom. The molecule has 1 heterocycles. The van der Waals surface area contributed by atoms with Crippen molar-refractivity contribution in [3.05, 3.63) is 36.9 Å². The molecule has 2 amide bonds. The maximum Gasteiger partial charge on any atom is 0.243 e. The Labute approximate surface area is 154 Å². The van der Waals surface area contributed by atoms with Gasteiger partial charge in [-0.2, -0.15) is 0 Å². The fourth-order valence-corrected chi connectivity index (χ4v) is 3.57. The average molecular weight is 358 g/mol. The first-order valence-corrected chi connectivity index (χ1v) is 9.14. The van der Waals surface area contributed by atoms with Gasteiger partial charge in [0.1, 0.15) is 12.7 Å². The standard InChI is InChI=1S/C20H26N2O4/c1-3-19(23)21-14-8-10-15(11-9-14)22(2)20(24)12-16-13-25-17-6-4-5-7-18(17)26-16/h3-7,14-16H,1,8-13H2,2H3,(H,21,23). The first-order valence-electron chi connectivity index (χ1n) is 9.14. The molecule has 1 aliphatic heterocycles. The highest BCUT2D eigenvalue weighted by Crippen LogP contribution is 2.32. The third-order valence-electron chi connectivity index (χ3n) is 5.14. The Morgan fingerprint density at radius 2 is 1.92 bits per heavy atom. The van der Waals surface area contributed by atoms with Crippen LogP contribution in [0.1, 0.15) is 32.1 Å². The number of fused-ring (bicyclic) bond motifs is 1. The monoisotopic (exact) mass is 358 g/mol. The van der Waals surface area contributed by atoms with Crippen molar-refractivity contribution in [1.82, 2.24) is 10.2 Å². The predicted molar refractivity (Wildman–Crippen MR) is 98.1 cm³/mol. The van der Waals surface area contributed by atoms with Crippen LogP contribution in [0.25, 0.3) is 0 Å². The number of nitrogens with one attached hydrogen (secondary N) is 1. The van der Waals surface area contributed by atoms with E-state index >= 15 is 0 Å². The molecule has 140 valence electrons. The van der Waals surface area contributed by atoms with Crippen molar-refractivity contribution in [2.75, 3.05) is 13.7 Å². The molecule has 1 fully saturated rings.